The third-order valence-electron chi connectivity index (χ3n) is 6.18. The molecule has 0 bridgehead atoms. The zero-order valence-corrected chi connectivity index (χ0v) is 20.2. The summed E-state index contributed by atoms with van der Waals surface area (Å²) >= 11 is 0. The standard InChI is InChI=1S/C28H33N3O3/c1-21-13-14-26(33-3)24(19-21)29-28(32)27(22-9-5-4-6-10-22)30(2)20-23-11-7-8-12-25(23)31-15-17-34-18-16-31/h4-14,19,27H,15-18,20H2,1-3H3,(H,29,32)/t27-/m0/s1. The lowest BCUT2D eigenvalue weighted by molar-refractivity contribution is -0.121. The molecule has 1 saturated heterocycles. The number of carbonyl (C=O) groups excluding carboxylic acids is 1. The molecule has 1 fully saturated rings. The molecule has 3 aromatic rings. The summed E-state index contributed by atoms with van der Waals surface area (Å²) in [5, 5.41) is 3.11. The minimum absolute atomic E-state index is 0.0959. The number of hydrogen-bond acceptors (Lipinski definition) is 5. The Bertz CT molecular complexity index is 1100. The van der Waals surface area contributed by atoms with Gasteiger partial charge in [0.05, 0.1) is 26.0 Å². The van der Waals surface area contributed by atoms with E-state index in [2.05, 4.69) is 39.4 Å². The quantitative estimate of drug-likeness (QED) is 0.531. The van der Waals surface area contributed by atoms with Crippen molar-refractivity contribution >= 4 is 17.3 Å². The fraction of sp³-hybridized carbons (Fsp3) is 0.321. The van der Waals surface area contributed by atoms with Crippen LogP contribution in [0.1, 0.15) is 22.7 Å². The number of morpholine rings is 1. The molecule has 178 valence electrons. The van der Waals surface area contributed by atoms with Crippen LogP contribution in [0.4, 0.5) is 11.4 Å². The molecule has 4 rings (SSSR count). The summed E-state index contributed by atoms with van der Waals surface area (Å²) in [5.74, 6) is 0.549. The van der Waals surface area contributed by atoms with Crippen molar-refractivity contribution in [1.29, 1.82) is 0 Å². The van der Waals surface area contributed by atoms with E-state index >= 15 is 0 Å². The number of aryl methyl sites for hydroxylation is 1. The van der Waals surface area contributed by atoms with Crippen LogP contribution >= 0.6 is 0 Å². The Balaban J connectivity index is 1.61. The first-order valence-electron chi connectivity index (χ1n) is 11.7. The van der Waals surface area contributed by atoms with Crippen molar-refractivity contribution in [3.05, 3.63) is 89.5 Å². The molecule has 1 aliphatic heterocycles. The topological polar surface area (TPSA) is 54.0 Å². The first-order chi connectivity index (χ1) is 16.6. The number of benzene rings is 3. The molecule has 6 heteroatoms. The number of anilines is 2. The largest absolute Gasteiger partial charge is 0.495 e. The summed E-state index contributed by atoms with van der Waals surface area (Å²) in [6.07, 6.45) is 0. The molecule has 1 amide bonds. The second-order valence-electron chi connectivity index (χ2n) is 8.65. The SMILES string of the molecule is COc1ccc(C)cc1NC(=O)[C@H](c1ccccc1)N(C)Cc1ccccc1N1CCOCC1. The van der Waals surface area contributed by atoms with Gasteiger partial charge in [0.2, 0.25) is 5.91 Å². The molecule has 34 heavy (non-hydrogen) atoms. The number of likely N-dealkylation sites (N-methyl/N-ethyl adjacent to an activating group) is 1. The molecule has 1 atom stereocenters. The van der Waals surface area contributed by atoms with Crippen LogP contribution in [0.25, 0.3) is 0 Å². The zero-order valence-electron chi connectivity index (χ0n) is 20.2. The summed E-state index contributed by atoms with van der Waals surface area (Å²) in [7, 11) is 3.62. The second kappa shape index (κ2) is 11.2. The number of carbonyl (C=O) groups is 1. The number of nitrogens with one attached hydrogen (secondary N) is 1. The Morgan fingerprint density at radius 1 is 1.06 bits per heavy atom. The average Bonchev–Trinajstić information content (AvgIpc) is 2.86. The lowest BCUT2D eigenvalue weighted by atomic mass is 10.0. The smallest absolute Gasteiger partial charge is 0.246 e. The Morgan fingerprint density at radius 2 is 1.76 bits per heavy atom. The van der Waals surface area contributed by atoms with Crippen molar-refractivity contribution in [3.63, 3.8) is 0 Å². The molecule has 0 aromatic heterocycles. The van der Waals surface area contributed by atoms with Gasteiger partial charge in [0, 0.05) is 25.3 Å². The van der Waals surface area contributed by atoms with Gasteiger partial charge in [-0.15, -0.1) is 0 Å². The van der Waals surface area contributed by atoms with E-state index < -0.39 is 6.04 Å². The van der Waals surface area contributed by atoms with Crippen LogP contribution in [0.5, 0.6) is 5.75 Å². The van der Waals surface area contributed by atoms with Crippen molar-refractivity contribution in [2.24, 2.45) is 0 Å². The molecule has 0 saturated carbocycles. The molecule has 0 aliphatic carbocycles. The summed E-state index contributed by atoms with van der Waals surface area (Å²) in [6.45, 7) is 5.84. The van der Waals surface area contributed by atoms with Gasteiger partial charge < -0.3 is 19.7 Å². The van der Waals surface area contributed by atoms with Crippen LogP contribution in [-0.4, -0.2) is 51.3 Å². The molecule has 0 radical (unpaired) electrons. The third kappa shape index (κ3) is 5.58. The van der Waals surface area contributed by atoms with E-state index in [0.29, 0.717) is 18.0 Å². The van der Waals surface area contributed by atoms with Crippen molar-refractivity contribution in [2.75, 3.05) is 50.7 Å². The first kappa shape index (κ1) is 23.8. The number of rotatable bonds is 8. The van der Waals surface area contributed by atoms with Gasteiger partial charge in [0.1, 0.15) is 11.8 Å². The number of hydrogen-bond donors (Lipinski definition) is 1. The van der Waals surface area contributed by atoms with Gasteiger partial charge in [0.15, 0.2) is 0 Å². The predicted octanol–water partition coefficient (Wildman–Crippen LogP) is 4.65. The van der Waals surface area contributed by atoms with Gasteiger partial charge in [-0.3, -0.25) is 9.69 Å². The van der Waals surface area contributed by atoms with Crippen molar-refractivity contribution in [3.8, 4) is 5.75 Å². The first-order valence-corrected chi connectivity index (χ1v) is 11.7. The van der Waals surface area contributed by atoms with Crippen molar-refractivity contribution in [1.82, 2.24) is 4.90 Å². The van der Waals surface area contributed by atoms with Crippen molar-refractivity contribution in [2.45, 2.75) is 19.5 Å². The highest BCUT2D eigenvalue weighted by atomic mass is 16.5. The van der Waals surface area contributed by atoms with E-state index in [-0.39, 0.29) is 5.91 Å². The van der Waals surface area contributed by atoms with Gasteiger partial charge in [-0.1, -0.05) is 54.6 Å². The summed E-state index contributed by atoms with van der Waals surface area (Å²) < 4.78 is 11.0. The van der Waals surface area contributed by atoms with Gasteiger partial charge in [0.25, 0.3) is 0 Å². The van der Waals surface area contributed by atoms with Gasteiger partial charge in [-0.25, -0.2) is 0 Å². The van der Waals surface area contributed by atoms with Crippen molar-refractivity contribution < 1.29 is 14.3 Å². The van der Waals surface area contributed by atoms with Crippen LogP contribution in [-0.2, 0) is 16.1 Å². The zero-order chi connectivity index (χ0) is 23.9. The number of ether oxygens (including phenoxy) is 2. The lowest BCUT2D eigenvalue weighted by Gasteiger charge is -2.33. The number of methoxy groups -OCH3 is 1. The van der Waals surface area contributed by atoms with E-state index in [0.717, 1.165) is 37.4 Å². The Kier molecular flexibility index (Phi) is 7.83. The Morgan fingerprint density at radius 3 is 2.50 bits per heavy atom. The van der Waals surface area contributed by atoms with Crippen LogP contribution in [0, 0.1) is 6.92 Å². The normalized spacial score (nSPS) is 14.6. The van der Waals surface area contributed by atoms with E-state index in [1.165, 1.54) is 11.3 Å². The predicted molar refractivity (Wildman–Crippen MR) is 136 cm³/mol. The second-order valence-corrected chi connectivity index (χ2v) is 8.65. The maximum Gasteiger partial charge on any atom is 0.246 e. The molecular formula is C28H33N3O3. The minimum Gasteiger partial charge on any atom is -0.495 e. The highest BCUT2D eigenvalue weighted by molar-refractivity contribution is 5.96. The Hall–Kier alpha value is -3.35. The molecule has 3 aromatic carbocycles. The third-order valence-corrected chi connectivity index (χ3v) is 6.18. The molecule has 6 nitrogen and oxygen atoms in total. The van der Waals surface area contributed by atoms with Crippen LogP contribution in [0.2, 0.25) is 0 Å². The molecular weight excluding hydrogens is 426 g/mol. The van der Waals surface area contributed by atoms with E-state index in [9.17, 15) is 4.79 Å². The molecule has 1 aliphatic rings. The fourth-order valence-electron chi connectivity index (χ4n) is 4.48. The number of amides is 1. The minimum atomic E-state index is -0.468. The Labute approximate surface area is 202 Å². The maximum absolute atomic E-state index is 13.7. The van der Waals surface area contributed by atoms with Gasteiger partial charge in [-0.05, 0) is 48.9 Å². The van der Waals surface area contributed by atoms with E-state index in [1.54, 1.807) is 7.11 Å². The number of para-hydroxylation sites is 1. The lowest BCUT2D eigenvalue weighted by Crippen LogP contribution is -2.38. The maximum atomic E-state index is 13.7. The summed E-state index contributed by atoms with van der Waals surface area (Å²) in [4.78, 5) is 18.1. The highest BCUT2D eigenvalue weighted by Crippen LogP contribution is 2.30. The molecule has 1 heterocycles. The fourth-order valence-corrected chi connectivity index (χ4v) is 4.48. The summed E-state index contributed by atoms with van der Waals surface area (Å²) in [6, 6.07) is 23.7. The molecule has 0 spiro atoms. The summed E-state index contributed by atoms with van der Waals surface area (Å²) in [5.41, 5.74) is 5.06. The average molecular weight is 460 g/mol. The monoisotopic (exact) mass is 459 g/mol. The van der Waals surface area contributed by atoms with Crippen LogP contribution in [0.15, 0.2) is 72.8 Å². The van der Waals surface area contributed by atoms with Crippen LogP contribution < -0.4 is 15.0 Å². The van der Waals surface area contributed by atoms with E-state index in [4.69, 9.17) is 9.47 Å². The molecule has 1 N–H and O–H groups in total. The van der Waals surface area contributed by atoms with Gasteiger partial charge in [-0.2, -0.15) is 0 Å². The molecule has 0 unspecified atom stereocenters. The van der Waals surface area contributed by atoms with E-state index in [1.807, 2.05) is 62.5 Å². The van der Waals surface area contributed by atoms with Crippen LogP contribution in [0.3, 0.4) is 0 Å². The highest BCUT2D eigenvalue weighted by Gasteiger charge is 2.27. The number of nitrogens with zero attached hydrogens (tertiary/aromatic N) is 2. The van der Waals surface area contributed by atoms with Gasteiger partial charge >= 0.3 is 0 Å².